The zero-order valence-electron chi connectivity index (χ0n) is 69.0. The molecule has 0 radical (unpaired) electrons. The minimum atomic E-state index is 0.0693. The Bertz CT molecular complexity index is 7270. The van der Waals surface area contributed by atoms with Crippen molar-refractivity contribution in [3.63, 3.8) is 0 Å². The quantitative estimate of drug-likeness (QED) is 0.0445. The molecule has 0 saturated carbocycles. The first-order valence-electron chi connectivity index (χ1n) is 39.7. The van der Waals surface area contributed by atoms with Gasteiger partial charge in [-0.25, -0.2) is 23.4 Å². The first-order chi connectivity index (χ1) is 63.3. The van der Waals surface area contributed by atoms with E-state index in [1.165, 1.54) is 56.7 Å². The summed E-state index contributed by atoms with van der Waals surface area (Å²) < 4.78 is 55.3. The minimum absolute atomic E-state index is 0.0693. The van der Waals surface area contributed by atoms with E-state index in [4.69, 9.17) is 63.0 Å². The van der Waals surface area contributed by atoms with Crippen LogP contribution in [0.4, 0.5) is 0 Å². The van der Waals surface area contributed by atoms with E-state index in [-0.39, 0.29) is 41.3 Å². The molecule has 0 aliphatic carbocycles. The van der Waals surface area contributed by atoms with Gasteiger partial charge in [-0.05, 0) is 87.9 Å². The number of methoxy groups -OCH3 is 1. The van der Waals surface area contributed by atoms with Gasteiger partial charge in [-0.1, -0.05) is 215 Å². The number of carbonyl (C=O) groups excluding carboxylic acids is 5. The molecule has 129 heavy (non-hydrogen) atoms. The van der Waals surface area contributed by atoms with Gasteiger partial charge in [0.05, 0.1) is 80.9 Å². The Morgan fingerprint density at radius 1 is 0.326 bits per heavy atom. The molecule has 20 aromatic rings. The zero-order valence-corrected chi connectivity index (χ0v) is 73.1. The highest BCUT2D eigenvalue weighted by Crippen LogP contribution is 2.41. The predicted molar refractivity (Wildman–Crippen MR) is 495 cm³/mol. The van der Waals surface area contributed by atoms with Crippen LogP contribution in [0.25, 0.3) is 136 Å². The number of aromatic nitrogens is 15. The molecule has 0 unspecified atom stereocenters. The summed E-state index contributed by atoms with van der Waals surface area (Å²) in [5.74, 6) is 4.42. The van der Waals surface area contributed by atoms with Crippen molar-refractivity contribution in [3.8, 4) is 140 Å². The Morgan fingerprint density at radius 3 is 0.853 bits per heavy atom. The van der Waals surface area contributed by atoms with E-state index in [1.54, 1.807) is 69.6 Å². The zero-order chi connectivity index (χ0) is 89.1. The number of benzene rings is 10. The van der Waals surface area contributed by atoms with Crippen molar-refractivity contribution in [1.82, 2.24) is 73.8 Å². The Morgan fingerprint density at radius 2 is 0.581 bits per heavy atom. The van der Waals surface area contributed by atoms with Crippen LogP contribution in [0.15, 0.2) is 270 Å². The summed E-state index contributed by atoms with van der Waals surface area (Å²) in [7, 11) is 1.62. The average Bonchev–Trinajstić information content (AvgIpc) is 1.64. The topological polar surface area (TPSA) is 342 Å². The Balaban J connectivity index is 0.000000118. The van der Waals surface area contributed by atoms with Gasteiger partial charge in [-0.2, -0.15) is 50.4 Å². The van der Waals surface area contributed by atoms with E-state index in [1.807, 2.05) is 251 Å². The fraction of sp³-hybridized carbons (Fsp3) is 0.0957. The first kappa shape index (κ1) is 86.6. The number of fused-ring (bicyclic) bond motifs is 5. The van der Waals surface area contributed by atoms with Gasteiger partial charge in [0.2, 0.25) is 55.1 Å². The molecule has 1 N–H and O–H groups in total. The number of ether oxygens (including phenoxy) is 9. The van der Waals surface area contributed by atoms with E-state index in [2.05, 4.69) is 36.9 Å². The van der Waals surface area contributed by atoms with Crippen molar-refractivity contribution in [1.29, 1.82) is 0 Å². The second-order valence-corrected chi connectivity index (χ2v) is 31.8. The fourth-order valence-corrected chi connectivity index (χ4v) is 17.0. The maximum Gasteiger partial charge on any atom is 0.299 e. The van der Waals surface area contributed by atoms with Crippen LogP contribution in [0, 0.1) is 0 Å². The summed E-state index contributed by atoms with van der Waals surface area (Å²) in [6.07, 6.45) is 1.01. The second-order valence-electron chi connectivity index (χ2n) is 27.6. The summed E-state index contributed by atoms with van der Waals surface area (Å²) >= 11 is 6.69. The van der Waals surface area contributed by atoms with Crippen molar-refractivity contribution >= 4 is 144 Å². The standard InChI is InChI=1S/2C20H17N3O3S.C19H15N3O3S.C18H13N3O3S.C17H11N3O3S/c1-13(2)26-15-8-9-16-17(10-15)23(20-21-18(11-27-20)25-12-24)22-19(16)14-6-4-3-5-7-14;1-2-10-25-15-8-9-16-17(11-15)23(20-21-18(12-27-20)26-13-24)22-19(16)14-6-4-3-5-7-14;1-2-24-14-8-9-15-16(10-14)22(19-20-17(11-26-19)25-12-23)21-18(15)13-6-4-3-5-7-13;1-23-13-7-8-14-15(9-13)21(18-19-16(10-25-18)24-11-22)20-17(14)12-5-3-2-4-6-12;21-10-23-15-9-24-17(18-15)20-14-8-12(22)6-7-13(14)16(19-20)11-4-2-1-3-5-11/h3-13H,1-2H3;3-9,11-13H,2,10H2,1H3;3-12H,2H2,1H3;2-11H,1H3;1-10,22H. The highest BCUT2D eigenvalue weighted by atomic mass is 32.1. The van der Waals surface area contributed by atoms with E-state index in [0.717, 1.165) is 140 Å². The van der Waals surface area contributed by atoms with Gasteiger partial charge in [-0.3, -0.25) is 24.0 Å². The lowest BCUT2D eigenvalue weighted by molar-refractivity contribution is -0.121. The first-order valence-corrected chi connectivity index (χ1v) is 44.1. The molecule has 0 saturated heterocycles. The molecular weight excluding hydrogens is 1740 g/mol. The monoisotopic (exact) mass is 1810 g/mol. The number of carbonyl (C=O) groups is 5. The lowest BCUT2D eigenvalue weighted by atomic mass is 10.1. The summed E-state index contributed by atoms with van der Waals surface area (Å²) in [4.78, 5) is 74.2. The van der Waals surface area contributed by atoms with Crippen LogP contribution in [0.1, 0.15) is 34.1 Å². The molecule has 0 amide bonds. The molecule has 30 nitrogen and oxygen atoms in total. The molecule has 644 valence electrons. The van der Waals surface area contributed by atoms with E-state index in [9.17, 15) is 29.1 Å². The molecule has 0 spiro atoms. The van der Waals surface area contributed by atoms with Crippen LogP contribution in [-0.4, -0.2) is 138 Å². The molecule has 35 heteroatoms. The second kappa shape index (κ2) is 40.8. The number of hydrogen-bond donors (Lipinski definition) is 1. The van der Waals surface area contributed by atoms with Crippen LogP contribution < -0.4 is 42.6 Å². The van der Waals surface area contributed by atoms with Crippen LogP contribution >= 0.6 is 56.7 Å². The van der Waals surface area contributed by atoms with Crippen LogP contribution in [0.2, 0.25) is 0 Å². The molecule has 10 aromatic heterocycles. The largest absolute Gasteiger partial charge is 0.508 e. The Hall–Kier alpha value is -16.0. The summed E-state index contributed by atoms with van der Waals surface area (Å²) in [6, 6.07) is 78.3. The highest BCUT2D eigenvalue weighted by Gasteiger charge is 2.24. The molecule has 10 heterocycles. The van der Waals surface area contributed by atoms with E-state index >= 15 is 0 Å². The Kier molecular flexibility index (Phi) is 27.4. The van der Waals surface area contributed by atoms with Crippen molar-refractivity contribution in [2.75, 3.05) is 20.3 Å². The fourth-order valence-electron chi connectivity index (χ4n) is 13.5. The molecule has 20 rings (SSSR count). The normalized spacial score (nSPS) is 10.9. The van der Waals surface area contributed by atoms with Gasteiger partial charge in [0, 0.05) is 85.1 Å². The molecule has 0 atom stereocenters. The number of hydrogen-bond acceptors (Lipinski definition) is 30. The number of phenols is 1. The lowest BCUT2D eigenvalue weighted by Gasteiger charge is -2.09. The number of rotatable bonds is 28. The maximum atomic E-state index is 10.6. The molecular formula is C94H73N15O15S5. The van der Waals surface area contributed by atoms with Gasteiger partial charge in [-0.15, -0.1) is 0 Å². The summed E-state index contributed by atoms with van der Waals surface area (Å²) in [5.41, 5.74) is 13.5. The van der Waals surface area contributed by atoms with Crippen molar-refractivity contribution in [2.45, 2.75) is 40.2 Å². The SMILES string of the molecule is CC(C)Oc1ccc2c(-c3ccccc3)nn(-c3nc(OC=O)cs3)c2c1.CCCOc1ccc2c(-c3ccccc3)nn(-c3nc(OC=O)cs3)c2c1.CCOc1ccc2c(-c3ccccc3)nn(-c3nc(OC=O)cs3)c2c1.COc1ccc2c(-c3ccccc3)nn(-c3nc(OC=O)cs3)c2c1.O=COc1csc(-n2nc(-c3ccccc3)c3ccc(O)cc32)n1. The molecule has 0 aliphatic heterocycles. The third-order valence-electron chi connectivity index (χ3n) is 19.0. The van der Waals surface area contributed by atoms with Crippen LogP contribution in [0.3, 0.4) is 0 Å². The molecule has 10 aromatic carbocycles. The van der Waals surface area contributed by atoms with Gasteiger partial charge in [0.1, 0.15) is 57.2 Å². The average molecular weight is 1810 g/mol. The predicted octanol–water partition coefficient (Wildman–Crippen LogP) is 20.1. The highest BCUT2D eigenvalue weighted by molar-refractivity contribution is 7.13. The van der Waals surface area contributed by atoms with Gasteiger partial charge >= 0.3 is 0 Å². The lowest BCUT2D eigenvalue weighted by Crippen LogP contribution is -2.05. The van der Waals surface area contributed by atoms with Gasteiger partial charge < -0.3 is 47.7 Å². The third kappa shape index (κ3) is 19.8. The van der Waals surface area contributed by atoms with Crippen LogP contribution in [0.5, 0.6) is 58.1 Å². The van der Waals surface area contributed by atoms with Crippen molar-refractivity contribution in [2.24, 2.45) is 0 Å². The Labute approximate surface area is 754 Å². The van der Waals surface area contributed by atoms with Crippen molar-refractivity contribution < 1.29 is 71.7 Å². The van der Waals surface area contributed by atoms with Gasteiger partial charge in [0.25, 0.3) is 32.4 Å². The summed E-state index contributed by atoms with van der Waals surface area (Å²) in [6.45, 7) is 11.0. The van der Waals surface area contributed by atoms with Crippen LogP contribution in [-0.2, 0) is 24.0 Å². The van der Waals surface area contributed by atoms with Crippen molar-refractivity contribution in [3.05, 3.63) is 270 Å². The number of nitrogens with zero attached hydrogens (tertiary/aromatic N) is 15. The number of phenolic OH excluding ortho intramolecular Hbond substituents is 1. The molecule has 0 fully saturated rings. The smallest absolute Gasteiger partial charge is 0.299 e. The number of thiazole rings is 5. The molecule has 0 aliphatic rings. The maximum absolute atomic E-state index is 10.6. The minimum Gasteiger partial charge on any atom is -0.508 e. The third-order valence-corrected chi connectivity index (χ3v) is 23.0. The van der Waals surface area contributed by atoms with E-state index in [0.29, 0.717) is 71.2 Å². The number of aromatic hydroxyl groups is 1. The van der Waals surface area contributed by atoms with E-state index < -0.39 is 0 Å². The summed E-state index contributed by atoms with van der Waals surface area (Å²) in [5, 5.41) is 49.8. The molecule has 0 bridgehead atoms. The van der Waals surface area contributed by atoms with Gasteiger partial charge in [0.15, 0.2) is 0 Å².